The summed E-state index contributed by atoms with van der Waals surface area (Å²) in [6.07, 6.45) is -0.301. The number of rotatable bonds is 9. The van der Waals surface area contributed by atoms with E-state index in [4.69, 9.17) is 28.4 Å². The molecule has 0 aromatic heterocycles. The van der Waals surface area contributed by atoms with E-state index in [2.05, 4.69) is 69.2 Å². The van der Waals surface area contributed by atoms with Crippen LogP contribution in [0.2, 0.25) is 0 Å². The van der Waals surface area contributed by atoms with Crippen LogP contribution in [0.15, 0.2) is 0 Å². The first-order valence-corrected chi connectivity index (χ1v) is 35.3. The van der Waals surface area contributed by atoms with Gasteiger partial charge in [-0.05, 0) is 235 Å². The van der Waals surface area contributed by atoms with Gasteiger partial charge in [0.05, 0.1) is 84.4 Å². The summed E-state index contributed by atoms with van der Waals surface area (Å²) >= 11 is 0. The summed E-state index contributed by atoms with van der Waals surface area (Å²) in [5.41, 5.74) is -4.51. The largest absolute Gasteiger partial charge is 0.394 e. The maximum atomic E-state index is 12.2. The summed E-state index contributed by atoms with van der Waals surface area (Å²) in [5.74, 6) is 0.362. The van der Waals surface area contributed by atoms with E-state index < -0.39 is 120 Å². The van der Waals surface area contributed by atoms with Crippen molar-refractivity contribution >= 4 is 0 Å². The van der Waals surface area contributed by atoms with E-state index in [1.807, 2.05) is 13.8 Å². The van der Waals surface area contributed by atoms with Gasteiger partial charge in [0, 0.05) is 11.8 Å². The van der Waals surface area contributed by atoms with Crippen molar-refractivity contribution in [3.63, 3.8) is 0 Å². The lowest BCUT2D eigenvalue weighted by Crippen LogP contribution is -2.65. The van der Waals surface area contributed by atoms with Crippen molar-refractivity contribution in [3.05, 3.63) is 0 Å². The molecule has 14 aliphatic rings. The Labute approximate surface area is 534 Å². The fourth-order valence-corrected chi connectivity index (χ4v) is 27.0. The first-order valence-electron chi connectivity index (χ1n) is 35.3. The van der Waals surface area contributed by atoms with Crippen molar-refractivity contribution in [2.45, 2.75) is 339 Å². The second-order valence-electron chi connectivity index (χ2n) is 37.0. The maximum absolute atomic E-state index is 12.2. The lowest BCUT2D eigenvalue weighted by molar-refractivity contribution is -0.339. The quantitative estimate of drug-likeness (QED) is 0.133. The van der Waals surface area contributed by atoms with E-state index >= 15 is 0 Å². The molecule has 4 spiro atoms. The zero-order valence-electron chi connectivity index (χ0n) is 56.7. The molecule has 4 saturated heterocycles. The Kier molecular flexibility index (Phi) is 15.9. The zero-order valence-corrected chi connectivity index (χ0v) is 56.7. The highest BCUT2D eigenvalue weighted by Gasteiger charge is 2.87. The van der Waals surface area contributed by atoms with Gasteiger partial charge in [0.15, 0.2) is 12.6 Å². The molecule has 33 atom stereocenters. The molecule has 90 heavy (non-hydrogen) atoms. The van der Waals surface area contributed by atoms with Crippen LogP contribution in [0.1, 0.15) is 213 Å². The van der Waals surface area contributed by atoms with Gasteiger partial charge in [0.25, 0.3) is 0 Å². The number of ether oxygens (including phenoxy) is 6. The van der Waals surface area contributed by atoms with Gasteiger partial charge in [-0.15, -0.1) is 0 Å². The van der Waals surface area contributed by atoms with Crippen molar-refractivity contribution in [2.75, 3.05) is 13.2 Å². The van der Waals surface area contributed by atoms with E-state index in [9.17, 15) is 66.4 Å². The number of aliphatic hydroxyl groups is 13. The van der Waals surface area contributed by atoms with Crippen molar-refractivity contribution in [2.24, 2.45) is 89.7 Å². The highest BCUT2D eigenvalue weighted by molar-refractivity contribution is 5.35. The molecule has 0 bridgehead atoms. The lowest BCUT2D eigenvalue weighted by atomic mass is 9.41. The number of aliphatic hydroxyl groups excluding tert-OH is 11. The summed E-state index contributed by atoms with van der Waals surface area (Å²) in [5, 5.41) is 142. The molecule has 4 aliphatic heterocycles. The molecule has 10 aliphatic carbocycles. The van der Waals surface area contributed by atoms with Gasteiger partial charge in [0.1, 0.15) is 42.7 Å². The van der Waals surface area contributed by atoms with Crippen LogP contribution in [-0.2, 0) is 28.4 Å². The van der Waals surface area contributed by atoms with Crippen LogP contribution in [0.3, 0.4) is 0 Å². The summed E-state index contributed by atoms with van der Waals surface area (Å²) in [4.78, 5) is 0. The Morgan fingerprint density at radius 3 is 1.43 bits per heavy atom. The molecule has 19 nitrogen and oxygen atoms in total. The molecule has 19 heteroatoms. The van der Waals surface area contributed by atoms with Crippen LogP contribution in [0.4, 0.5) is 0 Å². The molecule has 516 valence electrons. The Balaban J connectivity index is 0.000000182. The average molecular weight is 1280 g/mol. The van der Waals surface area contributed by atoms with Crippen LogP contribution in [-0.4, -0.2) is 206 Å². The van der Waals surface area contributed by atoms with E-state index in [0.717, 1.165) is 83.5 Å². The SMILES string of the molecule is CC(C)(O)[C@@H]1CC[C@](C)([C@H]2[C@@H](O)C[C@@]3(C)[C@@H]4C[C@H](O)[C@H]5C(C)(C)[C@@H](O)CC[C@@]56C[C@@]46CC[C@]23C)O1.CC(C)(O)[C@@H]1CC[C@](C)([C@H]2[C@@H](O)C[C@@]3(C)[C@@H]4C[C@H](OC5O[C@H](CO)[C@@H](O)[C@H](O)[C@H]5O)[C@H]5C(C)(C)[C@@H](OC6OC[C@@H](O)[C@H](O)[C@H]6O)CC[C@@]56C[C@@]46CC[C@]23C)O1. The third-order valence-electron chi connectivity index (χ3n) is 31.4. The molecular weight excluding hydrogens is 1160 g/mol. The fourth-order valence-electron chi connectivity index (χ4n) is 27.0. The second kappa shape index (κ2) is 21.1. The monoisotopic (exact) mass is 1270 g/mol. The molecule has 0 aromatic rings. The van der Waals surface area contributed by atoms with Gasteiger partial charge < -0.3 is 94.8 Å². The second-order valence-corrected chi connectivity index (χ2v) is 37.0. The molecule has 0 radical (unpaired) electrons. The normalized spacial score (nSPS) is 59.6. The average Bonchev–Trinajstić information content (AvgIpc) is 1.47. The molecule has 14 fully saturated rings. The Bertz CT molecular complexity index is 2720. The smallest absolute Gasteiger partial charge is 0.186 e. The van der Waals surface area contributed by atoms with Gasteiger partial charge in [-0.25, -0.2) is 0 Å². The zero-order chi connectivity index (χ0) is 65.7. The van der Waals surface area contributed by atoms with E-state index in [0.29, 0.717) is 31.6 Å². The lowest BCUT2D eigenvalue weighted by Gasteiger charge is -2.65. The van der Waals surface area contributed by atoms with E-state index in [-0.39, 0.29) is 103 Å². The summed E-state index contributed by atoms with van der Waals surface area (Å²) < 4.78 is 38.5. The maximum Gasteiger partial charge on any atom is 0.186 e. The van der Waals surface area contributed by atoms with Crippen LogP contribution < -0.4 is 0 Å². The Hall–Kier alpha value is -0.760. The summed E-state index contributed by atoms with van der Waals surface area (Å²) in [6, 6.07) is 0. The third kappa shape index (κ3) is 9.02. The van der Waals surface area contributed by atoms with Crippen molar-refractivity contribution in [1.82, 2.24) is 0 Å². The van der Waals surface area contributed by atoms with Crippen LogP contribution in [0.5, 0.6) is 0 Å². The number of hydrogen-bond acceptors (Lipinski definition) is 19. The predicted octanol–water partition coefficient (Wildman–Crippen LogP) is 5.16. The summed E-state index contributed by atoms with van der Waals surface area (Å²) in [6.45, 7) is 28.9. The van der Waals surface area contributed by atoms with Gasteiger partial charge in [-0.1, -0.05) is 55.4 Å². The number of fused-ring (bicyclic) bond motifs is 4. The first kappa shape index (κ1) is 67.8. The standard InChI is InChI=1S/C41H68O14.C30H50O5/c1-35(2)24(54-33-29(48)26(45)20(44)17-51-33)9-11-41-18-40(41)13-12-37(5)31(39(7)10-8-25(55-39)36(3,4)50)19(43)15-38(37,6)23(40)14-21(32(35)41)52-34-30(49)28(47)27(46)22(16-42)53-34;1-24(2)20(33)8-11-30-16-29(30)13-12-26(5)23(28(7)10-9-21(35-28)25(3,4)34)18(32)15-27(26,6)19(29)14-17(31)22(24)30/h19-34,42-50H,8-18H2,1-7H3;17-23,31-34H,8-16H2,1-7H3/t19-,20+,21-,22+,23-,24-,25-,26-,27+,28-,29+,30+,31-,32-,33?,34?,37+,38-,39+,40-,41+;17-,18-,19-,20-,21-,22-,23-,26+,27-,28+,29-,30+/m00/s1. The highest BCUT2D eigenvalue weighted by Crippen LogP contribution is 2.91. The molecule has 0 amide bonds. The van der Waals surface area contributed by atoms with E-state index in [1.54, 1.807) is 13.8 Å². The predicted molar refractivity (Wildman–Crippen MR) is 328 cm³/mol. The number of hydrogen-bond donors (Lipinski definition) is 13. The highest BCUT2D eigenvalue weighted by atomic mass is 16.7. The van der Waals surface area contributed by atoms with Gasteiger partial charge in [0.2, 0.25) is 0 Å². The van der Waals surface area contributed by atoms with Crippen molar-refractivity contribution in [1.29, 1.82) is 0 Å². The van der Waals surface area contributed by atoms with Crippen molar-refractivity contribution < 1.29 is 94.8 Å². The third-order valence-corrected chi connectivity index (χ3v) is 31.4. The molecular formula is C71H118O19. The molecule has 4 heterocycles. The Morgan fingerprint density at radius 1 is 0.444 bits per heavy atom. The van der Waals surface area contributed by atoms with Crippen LogP contribution >= 0.6 is 0 Å². The van der Waals surface area contributed by atoms with Crippen molar-refractivity contribution in [3.8, 4) is 0 Å². The van der Waals surface area contributed by atoms with Gasteiger partial charge in [-0.2, -0.15) is 0 Å². The minimum atomic E-state index is -1.60. The minimum Gasteiger partial charge on any atom is -0.394 e. The molecule has 13 N–H and O–H groups in total. The molecule has 2 unspecified atom stereocenters. The molecule has 14 rings (SSSR count). The summed E-state index contributed by atoms with van der Waals surface area (Å²) in [7, 11) is 0. The molecule has 10 saturated carbocycles. The van der Waals surface area contributed by atoms with Gasteiger partial charge >= 0.3 is 0 Å². The van der Waals surface area contributed by atoms with E-state index in [1.165, 1.54) is 6.42 Å². The van der Waals surface area contributed by atoms with Crippen LogP contribution in [0.25, 0.3) is 0 Å². The van der Waals surface area contributed by atoms with Gasteiger partial charge in [-0.3, -0.25) is 0 Å². The minimum absolute atomic E-state index is 0.0267. The fraction of sp³-hybridized carbons (Fsp3) is 1.00. The first-order chi connectivity index (χ1) is 41.5. The Morgan fingerprint density at radius 2 is 0.933 bits per heavy atom. The topological polar surface area (TPSA) is 318 Å². The van der Waals surface area contributed by atoms with Crippen LogP contribution in [0, 0.1) is 89.7 Å². The molecule has 0 aromatic carbocycles.